The van der Waals surface area contributed by atoms with Gasteiger partial charge in [0.1, 0.15) is 5.56 Å². The molecule has 1 aliphatic carbocycles. The van der Waals surface area contributed by atoms with Crippen molar-refractivity contribution < 1.29 is 18.0 Å². The molecule has 0 spiro atoms. The largest absolute Gasteiger partial charge is 0.433 e. The fourth-order valence-corrected chi connectivity index (χ4v) is 4.34. The monoisotopic (exact) mass is 408 g/mol. The maximum Gasteiger partial charge on any atom is 0.433 e. The highest BCUT2D eigenvalue weighted by atomic mass is 32.1. The molecule has 4 rings (SSSR count). The van der Waals surface area contributed by atoms with E-state index in [0.29, 0.717) is 15.3 Å². The summed E-state index contributed by atoms with van der Waals surface area (Å²) >= 11 is 1.29. The number of hydrogen-bond acceptors (Lipinski definition) is 4. The SMILES string of the molecule is C[C@H]1CCCC[C@H]1NC(=O)c1cnn2c(C(F)(F)F)cc(-c3cccs3)nc12. The molecule has 2 atom stereocenters. The zero-order chi connectivity index (χ0) is 19.9. The maximum atomic E-state index is 13.6. The average Bonchev–Trinajstić information content (AvgIpc) is 3.31. The van der Waals surface area contributed by atoms with Crippen LogP contribution >= 0.6 is 11.3 Å². The van der Waals surface area contributed by atoms with Gasteiger partial charge in [-0.25, -0.2) is 9.50 Å². The van der Waals surface area contributed by atoms with Crippen molar-refractivity contribution in [2.24, 2.45) is 5.92 Å². The lowest BCUT2D eigenvalue weighted by atomic mass is 9.86. The summed E-state index contributed by atoms with van der Waals surface area (Å²) in [5, 5.41) is 8.55. The zero-order valence-corrected chi connectivity index (χ0v) is 16.0. The van der Waals surface area contributed by atoms with Crippen LogP contribution in [0.2, 0.25) is 0 Å². The first-order chi connectivity index (χ1) is 13.3. The van der Waals surface area contributed by atoms with E-state index in [1.54, 1.807) is 17.5 Å². The predicted molar refractivity (Wildman–Crippen MR) is 100 cm³/mol. The lowest BCUT2D eigenvalue weighted by Gasteiger charge is -2.29. The number of fused-ring (bicyclic) bond motifs is 1. The number of carbonyl (C=O) groups excluding carboxylic acids is 1. The number of nitrogens with one attached hydrogen (secondary N) is 1. The minimum Gasteiger partial charge on any atom is -0.349 e. The molecule has 0 unspecified atom stereocenters. The predicted octanol–water partition coefficient (Wildman–Crippen LogP) is 4.79. The number of halogens is 3. The van der Waals surface area contributed by atoms with E-state index in [9.17, 15) is 18.0 Å². The minimum absolute atomic E-state index is 0.0127. The maximum absolute atomic E-state index is 13.6. The van der Waals surface area contributed by atoms with Crippen LogP contribution in [0.15, 0.2) is 29.8 Å². The van der Waals surface area contributed by atoms with E-state index < -0.39 is 17.8 Å². The van der Waals surface area contributed by atoms with Gasteiger partial charge in [-0.05, 0) is 36.3 Å². The normalized spacial score (nSPS) is 20.4. The molecule has 148 valence electrons. The van der Waals surface area contributed by atoms with Gasteiger partial charge in [0.25, 0.3) is 5.91 Å². The molecule has 5 nitrogen and oxygen atoms in total. The molecule has 1 amide bonds. The van der Waals surface area contributed by atoms with Crippen LogP contribution < -0.4 is 5.32 Å². The lowest BCUT2D eigenvalue weighted by Crippen LogP contribution is -2.41. The third-order valence-corrected chi connectivity index (χ3v) is 6.10. The van der Waals surface area contributed by atoms with Crippen LogP contribution in [0.1, 0.15) is 48.7 Å². The molecule has 1 aliphatic rings. The van der Waals surface area contributed by atoms with Crippen molar-refractivity contribution in [3.8, 4) is 10.6 Å². The second-order valence-electron chi connectivity index (χ2n) is 7.14. The van der Waals surface area contributed by atoms with Crippen LogP contribution in [0, 0.1) is 5.92 Å². The van der Waals surface area contributed by atoms with Gasteiger partial charge in [-0.3, -0.25) is 4.79 Å². The van der Waals surface area contributed by atoms with Crippen LogP contribution in [0.4, 0.5) is 13.2 Å². The van der Waals surface area contributed by atoms with Crippen molar-refractivity contribution in [2.45, 2.75) is 44.8 Å². The number of amides is 1. The summed E-state index contributed by atoms with van der Waals surface area (Å²) in [6, 6.07) is 4.42. The van der Waals surface area contributed by atoms with Crippen LogP contribution in [0.25, 0.3) is 16.2 Å². The van der Waals surface area contributed by atoms with Crippen LogP contribution in [0.3, 0.4) is 0 Å². The Morgan fingerprint density at radius 3 is 2.79 bits per heavy atom. The Hall–Kier alpha value is -2.42. The zero-order valence-electron chi connectivity index (χ0n) is 15.2. The first kappa shape index (κ1) is 18.9. The van der Waals surface area contributed by atoms with Crippen molar-refractivity contribution in [1.29, 1.82) is 0 Å². The molecule has 9 heteroatoms. The molecule has 28 heavy (non-hydrogen) atoms. The van der Waals surface area contributed by atoms with Crippen molar-refractivity contribution >= 4 is 22.9 Å². The van der Waals surface area contributed by atoms with Gasteiger partial charge in [0, 0.05) is 6.04 Å². The highest BCUT2D eigenvalue weighted by Gasteiger charge is 2.36. The van der Waals surface area contributed by atoms with E-state index in [0.717, 1.165) is 31.7 Å². The number of hydrogen-bond donors (Lipinski definition) is 1. The van der Waals surface area contributed by atoms with Gasteiger partial charge in [-0.15, -0.1) is 11.3 Å². The standard InChI is InChI=1S/C19H19F3N4OS/c1-11-5-2-3-6-13(11)25-18(27)12-10-23-26-16(19(20,21)22)9-14(24-17(12)26)15-7-4-8-28-15/h4,7-11,13H,2-3,5-6H2,1H3,(H,25,27)/t11-,13+/m0/s1. The molecule has 0 aliphatic heterocycles. The van der Waals surface area contributed by atoms with Gasteiger partial charge >= 0.3 is 6.18 Å². The van der Waals surface area contributed by atoms with Crippen LogP contribution in [0.5, 0.6) is 0 Å². The average molecular weight is 408 g/mol. The lowest BCUT2D eigenvalue weighted by molar-refractivity contribution is -0.142. The summed E-state index contributed by atoms with van der Waals surface area (Å²) < 4.78 is 41.5. The molecular formula is C19H19F3N4OS. The molecule has 3 aromatic heterocycles. The van der Waals surface area contributed by atoms with E-state index in [4.69, 9.17) is 0 Å². The Bertz CT molecular complexity index is 997. The molecule has 0 saturated heterocycles. The van der Waals surface area contributed by atoms with Crippen molar-refractivity contribution in [3.63, 3.8) is 0 Å². The van der Waals surface area contributed by atoms with Gasteiger partial charge in [0.15, 0.2) is 11.3 Å². The van der Waals surface area contributed by atoms with Gasteiger partial charge in [-0.2, -0.15) is 18.3 Å². The van der Waals surface area contributed by atoms with E-state index in [2.05, 4.69) is 22.3 Å². The Morgan fingerprint density at radius 1 is 1.32 bits per heavy atom. The van der Waals surface area contributed by atoms with E-state index >= 15 is 0 Å². The highest BCUT2D eigenvalue weighted by molar-refractivity contribution is 7.13. The Balaban J connectivity index is 1.77. The molecule has 0 bridgehead atoms. The fraction of sp³-hybridized carbons (Fsp3) is 0.421. The summed E-state index contributed by atoms with van der Waals surface area (Å²) in [7, 11) is 0. The van der Waals surface area contributed by atoms with Gasteiger partial charge in [0.05, 0.1) is 16.8 Å². The van der Waals surface area contributed by atoms with Gasteiger partial charge in [-0.1, -0.05) is 25.8 Å². The van der Waals surface area contributed by atoms with Crippen molar-refractivity contribution in [3.05, 3.63) is 41.0 Å². The smallest absolute Gasteiger partial charge is 0.349 e. The first-order valence-corrected chi connectivity index (χ1v) is 10.0. The second-order valence-corrected chi connectivity index (χ2v) is 8.08. The topological polar surface area (TPSA) is 59.3 Å². The number of alkyl halides is 3. The van der Waals surface area contributed by atoms with Crippen molar-refractivity contribution in [1.82, 2.24) is 19.9 Å². The molecule has 1 fully saturated rings. The number of carbonyl (C=O) groups is 1. The van der Waals surface area contributed by atoms with Crippen LogP contribution in [-0.4, -0.2) is 26.5 Å². The fourth-order valence-electron chi connectivity index (χ4n) is 3.65. The van der Waals surface area contributed by atoms with E-state index in [-0.39, 0.29) is 22.9 Å². The summed E-state index contributed by atoms with van der Waals surface area (Å²) in [6.07, 6.45) is 0.601. The highest BCUT2D eigenvalue weighted by Crippen LogP contribution is 2.34. The molecule has 0 radical (unpaired) electrons. The Kier molecular flexibility index (Phi) is 4.86. The number of aromatic nitrogens is 3. The summed E-state index contributed by atoms with van der Waals surface area (Å²) in [5.74, 6) is -0.0994. The summed E-state index contributed by atoms with van der Waals surface area (Å²) in [6.45, 7) is 2.08. The van der Waals surface area contributed by atoms with Gasteiger partial charge < -0.3 is 5.32 Å². The van der Waals surface area contributed by atoms with Crippen LogP contribution in [-0.2, 0) is 6.18 Å². The first-order valence-electron chi connectivity index (χ1n) is 9.15. The number of nitrogens with zero attached hydrogens (tertiary/aromatic N) is 3. The minimum atomic E-state index is -4.62. The number of rotatable bonds is 3. The quantitative estimate of drug-likeness (QED) is 0.678. The summed E-state index contributed by atoms with van der Waals surface area (Å²) in [5.41, 5.74) is -0.803. The molecule has 0 aromatic carbocycles. The molecule has 1 N–H and O–H groups in total. The third-order valence-electron chi connectivity index (χ3n) is 5.21. The molecular weight excluding hydrogens is 389 g/mol. The van der Waals surface area contributed by atoms with Crippen molar-refractivity contribution in [2.75, 3.05) is 0 Å². The molecule has 3 heterocycles. The Labute approximate surface area is 163 Å². The Morgan fingerprint density at radius 2 is 2.11 bits per heavy atom. The second kappa shape index (κ2) is 7.20. The molecule has 3 aromatic rings. The third kappa shape index (κ3) is 3.50. The van der Waals surface area contributed by atoms with E-state index in [1.165, 1.54) is 17.5 Å². The molecule has 1 saturated carbocycles. The summed E-state index contributed by atoms with van der Waals surface area (Å²) in [4.78, 5) is 17.7. The number of thiophene rings is 1. The van der Waals surface area contributed by atoms with E-state index in [1.807, 2.05) is 0 Å². The van der Waals surface area contributed by atoms with Gasteiger partial charge in [0.2, 0.25) is 0 Å².